The second kappa shape index (κ2) is 5.63. The van der Waals surface area contributed by atoms with E-state index < -0.39 is 0 Å². The van der Waals surface area contributed by atoms with Crippen molar-refractivity contribution in [1.29, 1.82) is 0 Å². The molecule has 0 amide bonds. The van der Waals surface area contributed by atoms with Crippen molar-refractivity contribution in [2.45, 2.75) is 12.8 Å². The van der Waals surface area contributed by atoms with E-state index in [-0.39, 0.29) is 0 Å². The first-order valence-electron chi connectivity index (χ1n) is 2.20. The van der Waals surface area contributed by atoms with Gasteiger partial charge in [0, 0.05) is 13.5 Å². The highest BCUT2D eigenvalue weighted by molar-refractivity contribution is 5.49. The van der Waals surface area contributed by atoms with Crippen LogP contribution >= 0.6 is 0 Å². The summed E-state index contributed by atoms with van der Waals surface area (Å²) in [6.45, 7) is 1.61. The average Bonchev–Trinajstić information content (AvgIpc) is 1.69. The second-order valence-electron chi connectivity index (χ2n) is 1.15. The van der Waals surface area contributed by atoms with E-state index in [1.54, 1.807) is 13.7 Å². The average molecular weight is 101 g/mol. The lowest BCUT2D eigenvalue weighted by Crippen LogP contribution is -1.79. The number of rotatable bonds is 4. The first kappa shape index (κ1) is 6.63. The maximum atomic E-state index is 9.60. The number of ether oxygens (including phenoxy) is 1. The molecule has 0 saturated heterocycles. The number of aldehydes is 1. The zero-order chi connectivity index (χ0) is 5.54. The maximum absolute atomic E-state index is 9.60. The number of unbranched alkanes of at least 4 members (excludes halogenated alkanes) is 1. The van der Waals surface area contributed by atoms with Crippen molar-refractivity contribution in [3.05, 3.63) is 6.61 Å². The van der Waals surface area contributed by atoms with Crippen molar-refractivity contribution in [3.8, 4) is 0 Å². The van der Waals surface area contributed by atoms with Gasteiger partial charge in [-0.2, -0.15) is 0 Å². The number of hydrogen-bond acceptors (Lipinski definition) is 2. The molecule has 41 valence electrons. The molecule has 2 heteroatoms. The van der Waals surface area contributed by atoms with Crippen molar-refractivity contribution >= 4 is 6.29 Å². The molecule has 0 aromatic heterocycles. The highest BCUT2D eigenvalue weighted by Gasteiger charge is 1.80. The Hall–Kier alpha value is -0.370. The quantitative estimate of drug-likeness (QED) is 0.386. The van der Waals surface area contributed by atoms with Crippen LogP contribution in [0, 0.1) is 6.61 Å². The molecular formula is C5H9O2. The third-order valence-corrected chi connectivity index (χ3v) is 0.569. The topological polar surface area (TPSA) is 26.3 Å². The van der Waals surface area contributed by atoms with Crippen LogP contribution in [-0.2, 0) is 9.53 Å². The Morgan fingerprint density at radius 1 is 1.57 bits per heavy atom. The Morgan fingerprint density at radius 3 is 2.71 bits per heavy atom. The van der Waals surface area contributed by atoms with Gasteiger partial charge in [0.1, 0.15) is 6.29 Å². The fourth-order valence-electron chi connectivity index (χ4n) is 0.254. The maximum Gasteiger partial charge on any atom is 0.120 e. The van der Waals surface area contributed by atoms with Crippen LogP contribution in [0.1, 0.15) is 12.8 Å². The van der Waals surface area contributed by atoms with Gasteiger partial charge in [-0.05, 0) is 6.42 Å². The molecule has 0 aliphatic rings. The monoisotopic (exact) mass is 101 g/mol. The third kappa shape index (κ3) is 5.63. The summed E-state index contributed by atoms with van der Waals surface area (Å²) in [5, 5.41) is 0. The van der Waals surface area contributed by atoms with E-state index >= 15 is 0 Å². The van der Waals surface area contributed by atoms with E-state index in [2.05, 4.69) is 4.74 Å². The lowest BCUT2D eigenvalue weighted by Gasteiger charge is -1.87. The summed E-state index contributed by atoms with van der Waals surface area (Å²) >= 11 is 0. The highest BCUT2D eigenvalue weighted by atomic mass is 16.5. The van der Waals surface area contributed by atoms with E-state index in [4.69, 9.17) is 0 Å². The molecule has 2 nitrogen and oxygen atoms in total. The first-order chi connectivity index (χ1) is 3.41. The van der Waals surface area contributed by atoms with Gasteiger partial charge in [-0.3, -0.25) is 0 Å². The van der Waals surface area contributed by atoms with E-state index in [1.807, 2.05) is 0 Å². The molecule has 0 aromatic rings. The van der Waals surface area contributed by atoms with Gasteiger partial charge in [0.05, 0.1) is 6.61 Å². The summed E-state index contributed by atoms with van der Waals surface area (Å²) in [6, 6.07) is 0. The summed E-state index contributed by atoms with van der Waals surface area (Å²) < 4.78 is 4.56. The van der Waals surface area contributed by atoms with E-state index in [0.29, 0.717) is 6.42 Å². The molecule has 0 unspecified atom stereocenters. The zero-order valence-corrected chi connectivity index (χ0v) is 4.39. The molecule has 0 saturated carbocycles. The highest BCUT2D eigenvalue weighted by Crippen LogP contribution is 1.88. The minimum absolute atomic E-state index is 0.563. The first-order valence-corrected chi connectivity index (χ1v) is 2.20. The molecule has 0 spiro atoms. The van der Waals surface area contributed by atoms with Gasteiger partial charge < -0.3 is 9.53 Å². The van der Waals surface area contributed by atoms with Crippen molar-refractivity contribution in [1.82, 2.24) is 0 Å². The molecule has 0 heterocycles. The molecule has 0 rings (SSSR count). The summed E-state index contributed by atoms with van der Waals surface area (Å²) in [5.41, 5.74) is 0. The van der Waals surface area contributed by atoms with Crippen LogP contribution in [0.25, 0.3) is 0 Å². The molecule has 0 aliphatic heterocycles. The Morgan fingerprint density at radius 2 is 2.29 bits per heavy atom. The third-order valence-electron chi connectivity index (χ3n) is 0.569. The van der Waals surface area contributed by atoms with Gasteiger partial charge >= 0.3 is 0 Å². The minimum atomic E-state index is 0.563. The van der Waals surface area contributed by atoms with Crippen molar-refractivity contribution in [2.75, 3.05) is 7.11 Å². The lowest BCUT2D eigenvalue weighted by atomic mass is 10.4. The summed E-state index contributed by atoms with van der Waals surface area (Å²) in [6.07, 6.45) is 2.16. The standard InChI is InChI=1S/C5H9O2/c1-7-5-3-2-4-6/h4-5H,2-3H2,1H3. The van der Waals surface area contributed by atoms with Crippen LogP contribution in [0.2, 0.25) is 0 Å². The molecule has 0 N–H and O–H groups in total. The molecule has 0 fully saturated rings. The Kier molecular flexibility index (Phi) is 5.33. The molecule has 7 heavy (non-hydrogen) atoms. The summed E-state index contributed by atoms with van der Waals surface area (Å²) in [5.74, 6) is 0. The van der Waals surface area contributed by atoms with Crippen LogP contribution in [0.15, 0.2) is 0 Å². The van der Waals surface area contributed by atoms with Gasteiger partial charge in [-0.15, -0.1) is 0 Å². The lowest BCUT2D eigenvalue weighted by molar-refractivity contribution is -0.107. The zero-order valence-electron chi connectivity index (χ0n) is 4.39. The second-order valence-corrected chi connectivity index (χ2v) is 1.15. The SMILES string of the molecule is CO[CH]CCC=O. The predicted octanol–water partition coefficient (Wildman–Crippen LogP) is 0.774. The largest absolute Gasteiger partial charge is 0.379 e. The van der Waals surface area contributed by atoms with Crippen LogP contribution in [0.5, 0.6) is 0 Å². The fourth-order valence-corrected chi connectivity index (χ4v) is 0.254. The number of carbonyl (C=O) groups excluding carboxylic acids is 1. The van der Waals surface area contributed by atoms with Crippen LogP contribution < -0.4 is 0 Å². The Balaban J connectivity index is 2.56. The number of methoxy groups -OCH3 is 1. The molecule has 0 atom stereocenters. The van der Waals surface area contributed by atoms with Gasteiger partial charge in [-0.1, -0.05) is 0 Å². The number of hydrogen-bond donors (Lipinski definition) is 0. The molecule has 1 radical (unpaired) electrons. The predicted molar refractivity (Wildman–Crippen MR) is 26.6 cm³/mol. The summed E-state index contributed by atoms with van der Waals surface area (Å²) in [7, 11) is 1.57. The van der Waals surface area contributed by atoms with Gasteiger partial charge in [-0.25, -0.2) is 0 Å². The van der Waals surface area contributed by atoms with Gasteiger partial charge in [0.2, 0.25) is 0 Å². The fraction of sp³-hybridized carbons (Fsp3) is 0.600. The van der Waals surface area contributed by atoms with Crippen molar-refractivity contribution < 1.29 is 9.53 Å². The molecule has 0 aliphatic carbocycles. The molecule has 0 aromatic carbocycles. The Labute approximate surface area is 43.5 Å². The van der Waals surface area contributed by atoms with Gasteiger partial charge in [0.25, 0.3) is 0 Å². The van der Waals surface area contributed by atoms with E-state index in [9.17, 15) is 4.79 Å². The molecular weight excluding hydrogens is 92.1 g/mol. The number of carbonyl (C=O) groups is 1. The van der Waals surface area contributed by atoms with Crippen molar-refractivity contribution in [2.24, 2.45) is 0 Å². The normalized spacial score (nSPS) is 8.71. The van der Waals surface area contributed by atoms with Crippen molar-refractivity contribution in [3.63, 3.8) is 0 Å². The minimum Gasteiger partial charge on any atom is -0.379 e. The van der Waals surface area contributed by atoms with Crippen LogP contribution in [0.4, 0.5) is 0 Å². The van der Waals surface area contributed by atoms with Crippen LogP contribution in [-0.4, -0.2) is 13.4 Å². The van der Waals surface area contributed by atoms with Gasteiger partial charge in [0.15, 0.2) is 0 Å². The Bertz CT molecular complexity index is 43.3. The van der Waals surface area contributed by atoms with E-state index in [1.165, 1.54) is 0 Å². The van der Waals surface area contributed by atoms with E-state index in [0.717, 1.165) is 12.7 Å². The van der Waals surface area contributed by atoms with Crippen LogP contribution in [0.3, 0.4) is 0 Å². The summed E-state index contributed by atoms with van der Waals surface area (Å²) in [4.78, 5) is 9.60. The molecule has 0 bridgehead atoms. The smallest absolute Gasteiger partial charge is 0.120 e.